The van der Waals surface area contributed by atoms with E-state index >= 15 is 0 Å². The van der Waals surface area contributed by atoms with Gasteiger partial charge in [-0.2, -0.15) is 0 Å². The van der Waals surface area contributed by atoms with Crippen LogP contribution in [0.3, 0.4) is 0 Å². The molecule has 0 aliphatic carbocycles. The van der Waals surface area contributed by atoms with Crippen molar-refractivity contribution < 1.29 is 19.5 Å². The van der Waals surface area contributed by atoms with Gasteiger partial charge in [-0.05, 0) is 37.6 Å². The van der Waals surface area contributed by atoms with Crippen LogP contribution in [0.4, 0.5) is 0 Å². The number of carboxylic acids is 1. The summed E-state index contributed by atoms with van der Waals surface area (Å²) in [4.78, 5) is 36.6. The van der Waals surface area contributed by atoms with Crippen molar-refractivity contribution in [2.75, 3.05) is 20.1 Å². The molecule has 2 rings (SSSR count). The van der Waals surface area contributed by atoms with Crippen molar-refractivity contribution in [2.45, 2.75) is 13.3 Å². The zero-order chi connectivity index (χ0) is 15.6. The number of nitrogens with zero attached hydrogens (tertiary/aromatic N) is 1. The predicted octanol–water partition coefficient (Wildman–Crippen LogP) is 0.983. The largest absolute Gasteiger partial charge is 0.478 e. The van der Waals surface area contributed by atoms with Crippen molar-refractivity contribution in [2.24, 2.45) is 5.41 Å². The fraction of sp³-hybridized carbons (Fsp3) is 0.400. The summed E-state index contributed by atoms with van der Waals surface area (Å²) in [7, 11) is 1.59. The van der Waals surface area contributed by atoms with Crippen LogP contribution in [-0.4, -0.2) is 47.9 Å². The molecule has 1 unspecified atom stereocenters. The van der Waals surface area contributed by atoms with Crippen molar-refractivity contribution in [1.29, 1.82) is 0 Å². The van der Waals surface area contributed by atoms with E-state index in [0.29, 0.717) is 25.1 Å². The summed E-state index contributed by atoms with van der Waals surface area (Å²) in [6, 6.07) is 5.82. The van der Waals surface area contributed by atoms with E-state index in [1.165, 1.54) is 24.3 Å². The quantitative estimate of drug-likeness (QED) is 0.869. The van der Waals surface area contributed by atoms with Gasteiger partial charge in [-0.15, -0.1) is 0 Å². The number of aromatic carboxylic acids is 1. The Morgan fingerprint density at radius 2 is 1.76 bits per heavy atom. The van der Waals surface area contributed by atoms with Crippen LogP contribution in [0.15, 0.2) is 24.3 Å². The molecule has 112 valence electrons. The molecule has 0 saturated carbocycles. The minimum atomic E-state index is -1.03. The van der Waals surface area contributed by atoms with Crippen LogP contribution in [0.1, 0.15) is 34.1 Å². The van der Waals surface area contributed by atoms with Crippen LogP contribution >= 0.6 is 0 Å². The van der Waals surface area contributed by atoms with Crippen LogP contribution in [-0.2, 0) is 4.79 Å². The summed E-state index contributed by atoms with van der Waals surface area (Å²) in [5.74, 6) is -1.28. The van der Waals surface area contributed by atoms with Gasteiger partial charge in [0.1, 0.15) is 0 Å². The molecule has 1 fully saturated rings. The highest BCUT2D eigenvalue weighted by Crippen LogP contribution is 2.30. The SMILES string of the molecule is CNC(=O)C1(C)CCN(C(=O)c2ccc(C(=O)O)cc2)C1. The van der Waals surface area contributed by atoms with Gasteiger partial charge >= 0.3 is 5.97 Å². The molecule has 1 aliphatic rings. The van der Waals surface area contributed by atoms with Gasteiger partial charge in [0, 0.05) is 25.7 Å². The lowest BCUT2D eigenvalue weighted by atomic mass is 9.89. The van der Waals surface area contributed by atoms with E-state index in [1.54, 1.807) is 11.9 Å². The maximum Gasteiger partial charge on any atom is 0.335 e. The summed E-state index contributed by atoms with van der Waals surface area (Å²) in [5.41, 5.74) is 0.00938. The second kappa shape index (κ2) is 5.55. The van der Waals surface area contributed by atoms with E-state index in [9.17, 15) is 14.4 Å². The lowest BCUT2D eigenvalue weighted by Crippen LogP contribution is -2.40. The molecule has 21 heavy (non-hydrogen) atoms. The van der Waals surface area contributed by atoms with E-state index in [0.717, 1.165) is 0 Å². The summed E-state index contributed by atoms with van der Waals surface area (Å²) >= 11 is 0. The van der Waals surface area contributed by atoms with Crippen molar-refractivity contribution in [3.8, 4) is 0 Å². The molecule has 1 aromatic carbocycles. The second-order valence-corrected chi connectivity index (χ2v) is 5.50. The van der Waals surface area contributed by atoms with Gasteiger partial charge in [-0.3, -0.25) is 9.59 Å². The molecule has 0 aromatic heterocycles. The molecule has 1 saturated heterocycles. The van der Waals surface area contributed by atoms with Crippen LogP contribution in [0.25, 0.3) is 0 Å². The standard InChI is InChI=1S/C15H18N2O4/c1-15(14(21)16-2)7-8-17(9-15)12(18)10-3-5-11(6-4-10)13(19)20/h3-6H,7-9H2,1-2H3,(H,16,21)(H,19,20). The van der Waals surface area contributed by atoms with Crippen molar-refractivity contribution in [1.82, 2.24) is 10.2 Å². The van der Waals surface area contributed by atoms with Gasteiger partial charge in [-0.25, -0.2) is 4.79 Å². The number of carbonyl (C=O) groups is 3. The molecule has 2 amide bonds. The number of nitrogens with one attached hydrogen (secondary N) is 1. The molecule has 0 bridgehead atoms. The van der Waals surface area contributed by atoms with Crippen LogP contribution in [0.2, 0.25) is 0 Å². The van der Waals surface area contributed by atoms with Gasteiger partial charge in [0.05, 0.1) is 11.0 Å². The van der Waals surface area contributed by atoms with Crippen LogP contribution in [0.5, 0.6) is 0 Å². The molecule has 1 heterocycles. The Morgan fingerprint density at radius 3 is 2.29 bits per heavy atom. The molecular weight excluding hydrogens is 272 g/mol. The van der Waals surface area contributed by atoms with Gasteiger partial charge in [0.15, 0.2) is 0 Å². The number of likely N-dealkylation sites (tertiary alicyclic amines) is 1. The van der Waals surface area contributed by atoms with E-state index in [1.807, 2.05) is 6.92 Å². The monoisotopic (exact) mass is 290 g/mol. The maximum absolute atomic E-state index is 12.4. The summed E-state index contributed by atoms with van der Waals surface area (Å²) < 4.78 is 0. The zero-order valence-corrected chi connectivity index (χ0v) is 12.0. The third kappa shape index (κ3) is 2.89. The second-order valence-electron chi connectivity index (χ2n) is 5.50. The predicted molar refractivity (Wildman–Crippen MR) is 76.1 cm³/mol. The highest BCUT2D eigenvalue weighted by Gasteiger charge is 2.41. The summed E-state index contributed by atoms with van der Waals surface area (Å²) in [5, 5.41) is 11.5. The Hall–Kier alpha value is -2.37. The Balaban J connectivity index is 2.11. The Kier molecular flexibility index (Phi) is 3.97. The van der Waals surface area contributed by atoms with Crippen molar-refractivity contribution >= 4 is 17.8 Å². The molecule has 6 heteroatoms. The Bertz CT molecular complexity index is 582. The van der Waals surface area contributed by atoms with Crippen molar-refractivity contribution in [3.05, 3.63) is 35.4 Å². The van der Waals surface area contributed by atoms with E-state index in [4.69, 9.17) is 5.11 Å². The number of hydrogen-bond acceptors (Lipinski definition) is 3. The third-order valence-electron chi connectivity index (χ3n) is 3.91. The summed E-state index contributed by atoms with van der Waals surface area (Å²) in [6.45, 7) is 2.72. The first-order valence-corrected chi connectivity index (χ1v) is 6.72. The molecule has 1 aliphatic heterocycles. The first-order chi connectivity index (χ1) is 9.87. The van der Waals surface area contributed by atoms with Gasteiger partial charge < -0.3 is 15.3 Å². The zero-order valence-electron chi connectivity index (χ0n) is 12.0. The Labute approximate surface area is 122 Å². The molecule has 2 N–H and O–H groups in total. The van der Waals surface area contributed by atoms with Gasteiger partial charge in [-0.1, -0.05) is 0 Å². The van der Waals surface area contributed by atoms with Crippen LogP contribution in [0, 0.1) is 5.41 Å². The maximum atomic E-state index is 12.4. The number of carbonyl (C=O) groups excluding carboxylic acids is 2. The molecule has 6 nitrogen and oxygen atoms in total. The summed E-state index contributed by atoms with van der Waals surface area (Å²) in [6.07, 6.45) is 0.617. The first-order valence-electron chi connectivity index (χ1n) is 6.72. The van der Waals surface area contributed by atoms with Gasteiger partial charge in [0.25, 0.3) is 5.91 Å². The van der Waals surface area contributed by atoms with Crippen molar-refractivity contribution in [3.63, 3.8) is 0 Å². The van der Waals surface area contributed by atoms with Crippen LogP contribution < -0.4 is 5.32 Å². The molecule has 0 spiro atoms. The highest BCUT2D eigenvalue weighted by atomic mass is 16.4. The number of carboxylic acid groups (broad SMARTS) is 1. The lowest BCUT2D eigenvalue weighted by molar-refractivity contribution is -0.128. The molecular formula is C15H18N2O4. The van der Waals surface area contributed by atoms with E-state index < -0.39 is 11.4 Å². The third-order valence-corrected chi connectivity index (χ3v) is 3.91. The topological polar surface area (TPSA) is 86.7 Å². The van der Waals surface area contributed by atoms with Gasteiger partial charge in [0.2, 0.25) is 5.91 Å². The Morgan fingerprint density at radius 1 is 1.19 bits per heavy atom. The van der Waals surface area contributed by atoms with E-state index in [-0.39, 0.29) is 17.4 Å². The number of benzene rings is 1. The fourth-order valence-corrected chi connectivity index (χ4v) is 2.56. The number of hydrogen-bond donors (Lipinski definition) is 2. The van der Waals surface area contributed by atoms with E-state index in [2.05, 4.69) is 5.32 Å². The lowest BCUT2D eigenvalue weighted by Gasteiger charge is -2.22. The average Bonchev–Trinajstić information content (AvgIpc) is 2.89. The first kappa shape index (κ1) is 15.0. The average molecular weight is 290 g/mol. The number of amides is 2. The highest BCUT2D eigenvalue weighted by molar-refractivity contribution is 5.96. The minimum absolute atomic E-state index is 0.0703. The molecule has 0 radical (unpaired) electrons. The number of rotatable bonds is 3. The smallest absolute Gasteiger partial charge is 0.335 e. The fourth-order valence-electron chi connectivity index (χ4n) is 2.56. The minimum Gasteiger partial charge on any atom is -0.478 e. The molecule has 1 atom stereocenters. The molecule has 1 aromatic rings. The normalized spacial score (nSPS) is 21.1.